The number of carbonyl (C=O) groups excluding carboxylic acids is 2. The number of benzene rings is 2. The second-order valence-corrected chi connectivity index (χ2v) is 8.92. The largest absolute Gasteiger partial charge is 0.445 e. The lowest BCUT2D eigenvalue weighted by atomic mass is 10.0. The van der Waals surface area contributed by atoms with E-state index in [2.05, 4.69) is 15.4 Å². The fraction of sp³-hybridized carbons (Fsp3) is 0.391. The minimum atomic E-state index is -4.78. The number of hydrogen-bond donors (Lipinski definition) is 2. The Balaban J connectivity index is 1.14. The van der Waals surface area contributed by atoms with Crippen LogP contribution in [0, 0.1) is 11.8 Å². The van der Waals surface area contributed by atoms with Gasteiger partial charge in [0.05, 0.1) is 5.52 Å². The van der Waals surface area contributed by atoms with Gasteiger partial charge in [-0.3, -0.25) is 9.89 Å². The Morgan fingerprint density at radius 3 is 2.51 bits per heavy atom. The standard InChI is InChI=1S/C23H22F3N5O4/c24-23(25,26)20(32)14-3-1-2-13(6-14)12-35-22(34)31-10-16-8-30(9-17(16)11-31)21(33)15-4-5-18-19(7-15)28-29-27-18/h1-7,16-17,20,32H,8-12H2,(H,27,28,29)/t16-,17+,20?. The monoisotopic (exact) mass is 489 g/mol. The molecule has 2 N–H and O–H groups in total. The minimum absolute atomic E-state index is 0.0978. The van der Waals surface area contributed by atoms with E-state index in [-0.39, 0.29) is 29.9 Å². The molecule has 12 heteroatoms. The Bertz CT molecular complexity index is 1250. The van der Waals surface area contributed by atoms with Gasteiger partial charge in [-0.15, -0.1) is 5.10 Å². The van der Waals surface area contributed by atoms with Gasteiger partial charge in [-0.05, 0) is 35.4 Å². The highest BCUT2D eigenvalue weighted by molar-refractivity contribution is 5.97. The Hall–Kier alpha value is -3.67. The van der Waals surface area contributed by atoms with Gasteiger partial charge in [-0.1, -0.05) is 23.4 Å². The Morgan fingerprint density at radius 1 is 1.09 bits per heavy atom. The molecule has 2 saturated heterocycles. The topological polar surface area (TPSA) is 112 Å². The summed E-state index contributed by atoms with van der Waals surface area (Å²) < 4.78 is 43.5. The molecule has 35 heavy (non-hydrogen) atoms. The zero-order valence-electron chi connectivity index (χ0n) is 18.4. The number of aliphatic hydroxyl groups is 1. The molecule has 0 bridgehead atoms. The molecule has 2 fully saturated rings. The van der Waals surface area contributed by atoms with Crippen molar-refractivity contribution < 1.29 is 32.6 Å². The van der Waals surface area contributed by atoms with Gasteiger partial charge < -0.3 is 19.6 Å². The molecule has 2 amide bonds. The molecule has 5 rings (SSSR count). The molecule has 1 unspecified atom stereocenters. The van der Waals surface area contributed by atoms with Crippen LogP contribution in [0.4, 0.5) is 18.0 Å². The van der Waals surface area contributed by atoms with Crippen molar-refractivity contribution in [1.29, 1.82) is 0 Å². The van der Waals surface area contributed by atoms with Gasteiger partial charge >= 0.3 is 12.3 Å². The van der Waals surface area contributed by atoms with Crippen LogP contribution in [0.5, 0.6) is 0 Å². The van der Waals surface area contributed by atoms with Crippen molar-refractivity contribution in [2.75, 3.05) is 26.2 Å². The van der Waals surface area contributed by atoms with E-state index < -0.39 is 18.4 Å². The van der Waals surface area contributed by atoms with Crippen molar-refractivity contribution in [2.45, 2.75) is 18.9 Å². The van der Waals surface area contributed by atoms with Gasteiger partial charge in [-0.2, -0.15) is 13.2 Å². The number of hydrogen-bond acceptors (Lipinski definition) is 6. The number of aliphatic hydroxyl groups excluding tert-OH is 1. The summed E-state index contributed by atoms with van der Waals surface area (Å²) in [5.74, 6) is 0.138. The average Bonchev–Trinajstić information content (AvgIpc) is 3.55. The van der Waals surface area contributed by atoms with E-state index in [1.54, 1.807) is 28.0 Å². The summed E-state index contributed by atoms with van der Waals surface area (Å²) in [5.41, 5.74) is 1.92. The zero-order valence-corrected chi connectivity index (χ0v) is 18.4. The van der Waals surface area contributed by atoms with E-state index in [1.165, 1.54) is 24.3 Å². The lowest BCUT2D eigenvalue weighted by Crippen LogP contribution is -2.35. The van der Waals surface area contributed by atoms with Crippen LogP contribution in [0.15, 0.2) is 42.5 Å². The molecule has 3 heterocycles. The number of amides is 2. The fourth-order valence-corrected chi connectivity index (χ4v) is 4.74. The van der Waals surface area contributed by atoms with Crippen molar-refractivity contribution in [3.63, 3.8) is 0 Å². The Kier molecular flexibility index (Phi) is 5.83. The van der Waals surface area contributed by atoms with Gasteiger partial charge in [0.2, 0.25) is 0 Å². The minimum Gasteiger partial charge on any atom is -0.445 e. The summed E-state index contributed by atoms with van der Waals surface area (Å²) in [6.45, 7) is 1.69. The number of aromatic nitrogens is 3. The van der Waals surface area contributed by atoms with E-state index >= 15 is 0 Å². The SMILES string of the molecule is O=C(OCc1cccc(C(O)C(F)(F)F)c1)N1C[C@@H]2CN(C(=O)c3ccc4[nH]nnc4c3)C[C@@H]2C1. The average molecular weight is 489 g/mol. The van der Waals surface area contributed by atoms with E-state index in [4.69, 9.17) is 4.74 Å². The third-order valence-electron chi connectivity index (χ3n) is 6.54. The molecular formula is C23H22F3N5O4. The number of fused-ring (bicyclic) bond motifs is 2. The summed E-state index contributed by atoms with van der Waals surface area (Å²) >= 11 is 0. The first kappa shape index (κ1) is 23.1. The van der Waals surface area contributed by atoms with Crippen LogP contribution in [0.2, 0.25) is 0 Å². The number of aromatic amines is 1. The molecule has 2 aliphatic rings. The quantitative estimate of drug-likeness (QED) is 0.583. The Morgan fingerprint density at radius 2 is 1.80 bits per heavy atom. The molecule has 3 atom stereocenters. The van der Waals surface area contributed by atoms with Crippen LogP contribution < -0.4 is 0 Å². The van der Waals surface area contributed by atoms with Gasteiger partial charge in [0.1, 0.15) is 12.1 Å². The molecule has 2 aliphatic heterocycles. The van der Waals surface area contributed by atoms with Crippen molar-refractivity contribution in [2.24, 2.45) is 11.8 Å². The second-order valence-electron chi connectivity index (χ2n) is 8.92. The van der Waals surface area contributed by atoms with Crippen LogP contribution >= 0.6 is 0 Å². The normalized spacial score (nSPS) is 20.8. The third kappa shape index (κ3) is 4.65. The fourth-order valence-electron chi connectivity index (χ4n) is 4.74. The molecule has 0 aliphatic carbocycles. The number of alkyl halides is 3. The number of halogens is 3. The lowest BCUT2D eigenvalue weighted by Gasteiger charge is -2.22. The van der Waals surface area contributed by atoms with E-state index in [9.17, 15) is 27.9 Å². The number of carbonyl (C=O) groups is 2. The van der Waals surface area contributed by atoms with E-state index in [0.29, 0.717) is 42.8 Å². The summed E-state index contributed by atoms with van der Waals surface area (Å²) in [6.07, 6.45) is -7.93. The zero-order chi connectivity index (χ0) is 24.7. The van der Waals surface area contributed by atoms with E-state index in [0.717, 1.165) is 5.52 Å². The summed E-state index contributed by atoms with van der Waals surface area (Å²) in [5, 5.41) is 19.8. The number of likely N-dealkylation sites (tertiary alicyclic amines) is 2. The van der Waals surface area contributed by atoms with Crippen molar-refractivity contribution in [3.05, 3.63) is 59.2 Å². The number of rotatable bonds is 4. The molecule has 1 aromatic heterocycles. The molecule has 2 aromatic carbocycles. The summed E-state index contributed by atoms with van der Waals surface area (Å²) in [6, 6.07) is 10.4. The van der Waals surface area contributed by atoms with Gasteiger partial charge in [0, 0.05) is 43.6 Å². The highest BCUT2D eigenvalue weighted by atomic mass is 19.4. The molecule has 0 saturated carbocycles. The second kappa shape index (κ2) is 8.84. The summed E-state index contributed by atoms with van der Waals surface area (Å²) in [7, 11) is 0. The number of nitrogens with one attached hydrogen (secondary N) is 1. The predicted octanol–water partition coefficient (Wildman–Crippen LogP) is 2.89. The van der Waals surface area contributed by atoms with Crippen LogP contribution in [0.3, 0.4) is 0 Å². The highest BCUT2D eigenvalue weighted by Crippen LogP contribution is 2.34. The first-order chi connectivity index (χ1) is 16.7. The molecular weight excluding hydrogens is 467 g/mol. The van der Waals surface area contributed by atoms with Crippen LogP contribution in [-0.4, -0.2) is 74.7 Å². The van der Waals surface area contributed by atoms with Crippen molar-refractivity contribution in [3.8, 4) is 0 Å². The van der Waals surface area contributed by atoms with Crippen LogP contribution in [0.25, 0.3) is 11.0 Å². The van der Waals surface area contributed by atoms with Crippen LogP contribution in [-0.2, 0) is 11.3 Å². The lowest BCUT2D eigenvalue weighted by molar-refractivity contribution is -0.206. The van der Waals surface area contributed by atoms with Crippen molar-refractivity contribution >= 4 is 23.0 Å². The predicted molar refractivity (Wildman–Crippen MR) is 116 cm³/mol. The maximum absolute atomic E-state index is 12.9. The maximum atomic E-state index is 12.9. The molecule has 3 aromatic rings. The smallest absolute Gasteiger partial charge is 0.418 e. The molecule has 0 radical (unpaired) electrons. The number of nitrogens with zero attached hydrogens (tertiary/aromatic N) is 4. The third-order valence-corrected chi connectivity index (χ3v) is 6.54. The van der Waals surface area contributed by atoms with Crippen molar-refractivity contribution in [1.82, 2.24) is 25.2 Å². The first-order valence-corrected chi connectivity index (χ1v) is 11.0. The first-order valence-electron chi connectivity index (χ1n) is 11.0. The maximum Gasteiger partial charge on any atom is 0.418 e. The summed E-state index contributed by atoms with van der Waals surface area (Å²) in [4.78, 5) is 28.8. The van der Waals surface area contributed by atoms with Gasteiger partial charge in [-0.25, -0.2) is 4.79 Å². The molecule has 184 valence electrons. The highest BCUT2D eigenvalue weighted by Gasteiger charge is 2.44. The number of ether oxygens (including phenoxy) is 1. The molecule has 0 spiro atoms. The number of H-pyrrole nitrogens is 1. The Labute approximate surface area is 197 Å². The van der Waals surface area contributed by atoms with Crippen LogP contribution in [0.1, 0.15) is 27.6 Å². The molecule has 9 nitrogen and oxygen atoms in total. The van der Waals surface area contributed by atoms with E-state index in [1.807, 2.05) is 0 Å². The van der Waals surface area contributed by atoms with Gasteiger partial charge in [0.15, 0.2) is 6.10 Å². The van der Waals surface area contributed by atoms with Gasteiger partial charge in [0.25, 0.3) is 5.91 Å².